The van der Waals surface area contributed by atoms with Crippen LogP contribution in [0.25, 0.3) is 11.0 Å². The first-order valence-corrected chi connectivity index (χ1v) is 8.67. The van der Waals surface area contributed by atoms with Gasteiger partial charge in [0.1, 0.15) is 35.4 Å². The molecule has 1 saturated heterocycles. The van der Waals surface area contributed by atoms with Gasteiger partial charge >= 0.3 is 0 Å². The Morgan fingerprint density at radius 2 is 1.93 bits per heavy atom. The highest BCUT2D eigenvalue weighted by atomic mass is 35.5. The summed E-state index contributed by atoms with van der Waals surface area (Å²) in [6, 6.07) is 6.29. The smallest absolute Gasteiger partial charge is 0.206 e. The summed E-state index contributed by atoms with van der Waals surface area (Å²) in [5.41, 5.74) is 0.302. The minimum atomic E-state index is -1.46. The first-order valence-electron chi connectivity index (χ1n) is 8.29. The van der Waals surface area contributed by atoms with Crippen molar-refractivity contribution in [1.82, 2.24) is 14.5 Å². The van der Waals surface area contributed by atoms with Crippen molar-refractivity contribution in [2.75, 3.05) is 0 Å². The van der Waals surface area contributed by atoms with E-state index in [1.807, 2.05) is 0 Å². The van der Waals surface area contributed by atoms with E-state index < -0.39 is 36.5 Å². The summed E-state index contributed by atoms with van der Waals surface area (Å²) < 4.78 is 21.3. The van der Waals surface area contributed by atoms with Crippen molar-refractivity contribution in [1.29, 1.82) is 0 Å². The van der Waals surface area contributed by atoms with Gasteiger partial charge in [-0.2, -0.15) is 0 Å². The molecule has 1 aliphatic rings. The van der Waals surface area contributed by atoms with Crippen molar-refractivity contribution in [3.63, 3.8) is 0 Å². The van der Waals surface area contributed by atoms with Crippen LogP contribution >= 0.6 is 24.0 Å². The molecule has 0 radical (unpaired) electrons. The number of aromatic nitrogens is 3. The number of H-pyrrole nitrogens is 1. The lowest BCUT2D eigenvalue weighted by Gasteiger charge is -2.21. The number of aliphatic hydroxyl groups excluding tert-OH is 3. The number of fused-ring (bicyclic) bond motifs is 1. The summed E-state index contributed by atoms with van der Waals surface area (Å²) in [4.78, 5) is 6.42. The molecule has 9 nitrogen and oxygen atoms in total. The van der Waals surface area contributed by atoms with Gasteiger partial charge in [0.15, 0.2) is 12.0 Å². The SMILES string of the molecule is Cl.ON=c1nc[nH]c2c1c(F)cn2[C@@H]1O[C@H]([C@H](O)c2ccc(Cl)cc2)[C@@H](O)[C@H]1O. The van der Waals surface area contributed by atoms with E-state index in [1.54, 1.807) is 24.3 Å². The molecule has 0 spiro atoms. The van der Waals surface area contributed by atoms with Crippen molar-refractivity contribution in [2.45, 2.75) is 30.6 Å². The van der Waals surface area contributed by atoms with E-state index in [-0.39, 0.29) is 28.9 Å². The van der Waals surface area contributed by atoms with Gasteiger partial charge in [-0.3, -0.25) is 0 Å². The van der Waals surface area contributed by atoms with Crippen LogP contribution in [0.4, 0.5) is 4.39 Å². The van der Waals surface area contributed by atoms with Crippen molar-refractivity contribution < 1.29 is 29.7 Å². The van der Waals surface area contributed by atoms with Gasteiger partial charge in [-0.15, -0.1) is 12.4 Å². The molecule has 0 saturated carbocycles. The monoisotopic (exact) mass is 446 g/mol. The Kier molecular flexibility index (Phi) is 6.13. The van der Waals surface area contributed by atoms with Crippen LogP contribution in [0.5, 0.6) is 0 Å². The number of rotatable bonds is 3. The molecule has 29 heavy (non-hydrogen) atoms. The Bertz CT molecular complexity index is 1070. The number of nitrogens with one attached hydrogen (secondary N) is 1. The average Bonchev–Trinajstić information content (AvgIpc) is 3.19. The molecule has 0 unspecified atom stereocenters. The van der Waals surface area contributed by atoms with Crippen LogP contribution in [0.2, 0.25) is 5.02 Å². The number of aromatic amines is 1. The number of aliphatic hydroxyl groups is 3. The lowest BCUT2D eigenvalue weighted by molar-refractivity contribution is -0.0849. The van der Waals surface area contributed by atoms with Crippen LogP contribution in [0.15, 0.2) is 41.9 Å². The van der Waals surface area contributed by atoms with Gasteiger partial charge in [0.25, 0.3) is 0 Å². The molecule has 3 heterocycles. The second-order valence-corrected chi connectivity index (χ2v) is 6.84. The number of ether oxygens (including phenoxy) is 1. The lowest BCUT2D eigenvalue weighted by atomic mass is 9.99. The van der Waals surface area contributed by atoms with E-state index in [4.69, 9.17) is 21.5 Å². The maximum atomic E-state index is 14.4. The summed E-state index contributed by atoms with van der Waals surface area (Å²) in [6.45, 7) is 0. The second-order valence-electron chi connectivity index (χ2n) is 6.40. The van der Waals surface area contributed by atoms with Crippen molar-refractivity contribution >= 4 is 35.0 Å². The van der Waals surface area contributed by atoms with Gasteiger partial charge in [-0.1, -0.05) is 28.9 Å². The first kappa shape index (κ1) is 21.5. The summed E-state index contributed by atoms with van der Waals surface area (Å²) >= 11 is 5.84. The van der Waals surface area contributed by atoms with Crippen LogP contribution in [0.3, 0.4) is 0 Å². The molecule has 4 rings (SSSR count). The zero-order valence-electron chi connectivity index (χ0n) is 14.6. The maximum absolute atomic E-state index is 14.4. The fraction of sp³-hybridized carbons (Fsp3) is 0.294. The number of hydrogen-bond donors (Lipinski definition) is 5. The van der Waals surface area contributed by atoms with E-state index in [0.29, 0.717) is 10.6 Å². The quantitative estimate of drug-likeness (QED) is 0.303. The highest BCUT2D eigenvalue weighted by Crippen LogP contribution is 2.37. The molecule has 0 bridgehead atoms. The van der Waals surface area contributed by atoms with Crippen molar-refractivity contribution in [3.8, 4) is 0 Å². The highest BCUT2D eigenvalue weighted by Gasteiger charge is 2.47. The van der Waals surface area contributed by atoms with Crippen LogP contribution < -0.4 is 5.49 Å². The molecule has 3 aromatic rings. The van der Waals surface area contributed by atoms with Crippen LogP contribution in [0.1, 0.15) is 17.9 Å². The minimum absolute atomic E-state index is 0. The molecule has 2 aromatic heterocycles. The molecular formula is C17H17Cl2FN4O5. The molecule has 5 N–H and O–H groups in total. The third-order valence-electron chi connectivity index (χ3n) is 4.76. The lowest BCUT2D eigenvalue weighted by Crippen LogP contribution is -2.34. The predicted molar refractivity (Wildman–Crippen MR) is 101 cm³/mol. The minimum Gasteiger partial charge on any atom is -0.409 e. The maximum Gasteiger partial charge on any atom is 0.206 e. The summed E-state index contributed by atoms with van der Waals surface area (Å²) in [5, 5.41) is 43.7. The molecule has 1 aromatic carbocycles. The summed E-state index contributed by atoms with van der Waals surface area (Å²) in [5.74, 6) is -0.765. The van der Waals surface area contributed by atoms with Crippen molar-refractivity contribution in [2.24, 2.45) is 5.16 Å². The molecule has 0 aliphatic carbocycles. The van der Waals surface area contributed by atoms with Gasteiger partial charge < -0.3 is 34.8 Å². The van der Waals surface area contributed by atoms with Gasteiger partial charge in [-0.25, -0.2) is 9.37 Å². The van der Waals surface area contributed by atoms with Gasteiger partial charge in [0.05, 0.1) is 6.33 Å². The highest BCUT2D eigenvalue weighted by molar-refractivity contribution is 6.30. The van der Waals surface area contributed by atoms with Gasteiger partial charge in [-0.05, 0) is 17.7 Å². The molecule has 5 atom stereocenters. The van der Waals surface area contributed by atoms with Crippen LogP contribution in [-0.4, -0.2) is 53.4 Å². The zero-order valence-corrected chi connectivity index (χ0v) is 16.1. The van der Waals surface area contributed by atoms with E-state index in [9.17, 15) is 19.7 Å². The van der Waals surface area contributed by atoms with E-state index in [0.717, 1.165) is 6.20 Å². The van der Waals surface area contributed by atoms with E-state index in [1.165, 1.54) is 10.9 Å². The van der Waals surface area contributed by atoms with Crippen LogP contribution in [-0.2, 0) is 4.74 Å². The second kappa shape index (κ2) is 8.27. The summed E-state index contributed by atoms with van der Waals surface area (Å²) in [6.07, 6.45) is -4.34. The third-order valence-corrected chi connectivity index (χ3v) is 5.02. The number of benzene rings is 1. The number of nitrogens with zero attached hydrogens (tertiary/aromatic N) is 3. The average molecular weight is 447 g/mol. The van der Waals surface area contributed by atoms with Gasteiger partial charge in [0.2, 0.25) is 5.49 Å². The molecular weight excluding hydrogens is 430 g/mol. The van der Waals surface area contributed by atoms with Crippen molar-refractivity contribution in [3.05, 3.63) is 58.7 Å². The van der Waals surface area contributed by atoms with E-state index >= 15 is 0 Å². The van der Waals surface area contributed by atoms with Crippen LogP contribution in [0, 0.1) is 5.82 Å². The zero-order chi connectivity index (χ0) is 20.0. The molecule has 1 aliphatic heterocycles. The standard InChI is InChI=1S/C17H16ClFN4O5.ClH/c18-8-3-1-7(2-4-8)11(24)14-12(25)13(26)17(28-14)23-5-9(19)10-15(22-27)20-6-21-16(10)23;/h1-6,11-14,17,24-27H,(H,20,21,22);1H/t11-,12+,13-,14-,17-;/m1./s1. The Morgan fingerprint density at radius 1 is 1.24 bits per heavy atom. The summed E-state index contributed by atoms with van der Waals surface area (Å²) in [7, 11) is 0. The largest absolute Gasteiger partial charge is 0.409 e. The molecule has 0 amide bonds. The third kappa shape index (κ3) is 3.59. The Morgan fingerprint density at radius 3 is 2.59 bits per heavy atom. The predicted octanol–water partition coefficient (Wildman–Crippen LogP) is 1.22. The molecule has 156 valence electrons. The molecule has 12 heteroatoms. The number of halogens is 3. The fourth-order valence-corrected chi connectivity index (χ4v) is 3.50. The normalized spacial score (nSPS) is 25.9. The topological polar surface area (TPSA) is 136 Å². The Labute approximate surface area is 174 Å². The number of hydrogen-bond acceptors (Lipinski definition) is 7. The first-order chi connectivity index (χ1) is 13.4. The van der Waals surface area contributed by atoms with E-state index in [2.05, 4.69) is 15.1 Å². The molecule has 1 fully saturated rings. The Balaban J connectivity index is 0.00000240. The Hall–Kier alpha value is -2.21. The fourth-order valence-electron chi connectivity index (χ4n) is 3.37. The van der Waals surface area contributed by atoms with Gasteiger partial charge in [0, 0.05) is 11.2 Å².